The van der Waals surface area contributed by atoms with Crippen molar-refractivity contribution in [3.63, 3.8) is 0 Å². The van der Waals surface area contributed by atoms with Crippen LogP contribution in [0.4, 0.5) is 0 Å². The Morgan fingerprint density at radius 3 is 2.68 bits per heavy atom. The molecule has 0 radical (unpaired) electrons. The van der Waals surface area contributed by atoms with E-state index in [0.717, 1.165) is 0 Å². The second-order valence-corrected chi connectivity index (χ2v) is 7.47. The van der Waals surface area contributed by atoms with E-state index in [2.05, 4.69) is 15.9 Å². The molecule has 1 saturated heterocycles. The molecule has 1 N–H and O–H groups in total. The van der Waals surface area contributed by atoms with Crippen molar-refractivity contribution in [2.24, 2.45) is 0 Å². The predicted molar refractivity (Wildman–Crippen MR) is 72.2 cm³/mol. The Labute approximate surface area is 119 Å². The largest absolute Gasteiger partial charge is 0.478 e. The summed E-state index contributed by atoms with van der Waals surface area (Å²) in [6.45, 7) is 2.23. The van der Waals surface area contributed by atoms with Gasteiger partial charge < -0.3 is 9.84 Å². The number of hydrogen-bond acceptors (Lipinski definition) is 4. The van der Waals surface area contributed by atoms with Gasteiger partial charge in [-0.15, -0.1) is 0 Å². The van der Waals surface area contributed by atoms with Crippen LogP contribution in [0.1, 0.15) is 22.3 Å². The maximum absolute atomic E-state index is 12.5. The third-order valence-electron chi connectivity index (χ3n) is 3.18. The third kappa shape index (κ3) is 2.68. The number of carboxylic acids is 1. The molecule has 2 rings (SSSR count). The molecule has 0 bridgehead atoms. The fraction of sp³-hybridized carbons (Fsp3) is 0.417. The van der Waals surface area contributed by atoms with Crippen LogP contribution in [-0.2, 0) is 14.6 Å². The summed E-state index contributed by atoms with van der Waals surface area (Å²) < 4.78 is 30.6. The Morgan fingerprint density at radius 1 is 1.47 bits per heavy atom. The van der Waals surface area contributed by atoms with Crippen LogP contribution in [0.15, 0.2) is 21.5 Å². The predicted octanol–water partition coefficient (Wildman–Crippen LogP) is 2.02. The summed E-state index contributed by atoms with van der Waals surface area (Å²) in [4.78, 5) is 11.1. The Morgan fingerprint density at radius 2 is 2.16 bits per heavy atom. The van der Waals surface area contributed by atoms with E-state index in [9.17, 15) is 13.2 Å². The maximum atomic E-state index is 12.5. The average molecular weight is 349 g/mol. The van der Waals surface area contributed by atoms with Gasteiger partial charge >= 0.3 is 5.97 Å². The summed E-state index contributed by atoms with van der Waals surface area (Å²) in [6, 6.07) is 2.62. The molecule has 5 nitrogen and oxygen atoms in total. The smallest absolute Gasteiger partial charge is 0.335 e. The zero-order valence-corrected chi connectivity index (χ0v) is 12.6. The molecule has 0 amide bonds. The van der Waals surface area contributed by atoms with Gasteiger partial charge in [0.25, 0.3) is 0 Å². The molecule has 19 heavy (non-hydrogen) atoms. The lowest BCUT2D eigenvalue weighted by atomic mass is 10.1. The molecule has 1 atom stereocenters. The number of aromatic carboxylic acids is 1. The van der Waals surface area contributed by atoms with Gasteiger partial charge in [-0.25, -0.2) is 13.2 Å². The van der Waals surface area contributed by atoms with Crippen LogP contribution in [0.25, 0.3) is 0 Å². The highest BCUT2D eigenvalue weighted by molar-refractivity contribution is 9.10. The number of halogens is 1. The minimum atomic E-state index is -3.57. The Kier molecular flexibility index (Phi) is 3.98. The molecule has 1 unspecified atom stereocenters. The van der Waals surface area contributed by atoms with Crippen LogP contribution in [0.2, 0.25) is 0 Å². The highest BCUT2D eigenvalue weighted by Crippen LogP contribution is 2.30. The van der Waals surface area contributed by atoms with Crippen molar-refractivity contribution < 1.29 is 23.1 Å². The normalized spacial score (nSPS) is 19.6. The Balaban J connectivity index is 2.57. The molecule has 1 aliphatic rings. The van der Waals surface area contributed by atoms with Gasteiger partial charge in [0, 0.05) is 11.1 Å². The van der Waals surface area contributed by atoms with Crippen molar-refractivity contribution in [2.75, 3.05) is 13.2 Å². The topological polar surface area (TPSA) is 80.7 Å². The van der Waals surface area contributed by atoms with E-state index >= 15 is 0 Å². The summed E-state index contributed by atoms with van der Waals surface area (Å²) in [5, 5.41) is 8.42. The number of sulfone groups is 1. The van der Waals surface area contributed by atoms with E-state index < -0.39 is 21.1 Å². The zero-order valence-electron chi connectivity index (χ0n) is 10.2. The lowest BCUT2D eigenvalue weighted by Crippen LogP contribution is -2.22. The van der Waals surface area contributed by atoms with Crippen molar-refractivity contribution in [2.45, 2.75) is 23.5 Å². The van der Waals surface area contributed by atoms with E-state index in [1.54, 1.807) is 6.92 Å². The lowest BCUT2D eigenvalue weighted by molar-refractivity contribution is 0.0696. The molecule has 1 aromatic carbocycles. The lowest BCUT2D eigenvalue weighted by Gasteiger charge is -2.14. The van der Waals surface area contributed by atoms with Gasteiger partial charge in [-0.05, 0) is 31.0 Å². The molecule has 1 fully saturated rings. The average Bonchev–Trinajstić information content (AvgIpc) is 2.86. The van der Waals surface area contributed by atoms with Crippen molar-refractivity contribution >= 4 is 31.7 Å². The van der Waals surface area contributed by atoms with Gasteiger partial charge in [0.2, 0.25) is 0 Å². The zero-order chi connectivity index (χ0) is 14.2. The van der Waals surface area contributed by atoms with Gasteiger partial charge in [0.1, 0.15) is 0 Å². The molecule has 1 aromatic rings. The third-order valence-corrected chi connectivity index (χ3v) is 6.29. The summed E-state index contributed by atoms with van der Waals surface area (Å²) in [6.07, 6.45) is 0.441. The number of benzene rings is 1. The van der Waals surface area contributed by atoms with E-state index in [0.29, 0.717) is 23.1 Å². The van der Waals surface area contributed by atoms with Crippen molar-refractivity contribution in [3.8, 4) is 0 Å². The number of ether oxygens (including phenoxy) is 1. The number of carboxylic acid groups (broad SMARTS) is 1. The number of hydrogen-bond donors (Lipinski definition) is 1. The van der Waals surface area contributed by atoms with Gasteiger partial charge in [0.05, 0.1) is 22.3 Å². The second-order valence-electron chi connectivity index (χ2n) is 4.42. The van der Waals surface area contributed by atoms with Crippen LogP contribution in [0, 0.1) is 6.92 Å². The van der Waals surface area contributed by atoms with Crippen molar-refractivity contribution in [1.82, 2.24) is 0 Å². The first-order valence-corrected chi connectivity index (χ1v) is 8.03. The monoisotopic (exact) mass is 348 g/mol. The first-order valence-electron chi connectivity index (χ1n) is 5.69. The van der Waals surface area contributed by atoms with E-state index in [1.807, 2.05) is 0 Å². The first kappa shape index (κ1) is 14.5. The van der Waals surface area contributed by atoms with Gasteiger partial charge in [-0.3, -0.25) is 0 Å². The van der Waals surface area contributed by atoms with Gasteiger partial charge in [0.15, 0.2) is 9.84 Å². The summed E-state index contributed by atoms with van der Waals surface area (Å²) >= 11 is 3.21. The van der Waals surface area contributed by atoms with Gasteiger partial charge in [-0.2, -0.15) is 0 Å². The fourth-order valence-corrected chi connectivity index (χ4v) is 4.47. The molecule has 7 heteroatoms. The highest BCUT2D eigenvalue weighted by atomic mass is 79.9. The van der Waals surface area contributed by atoms with Crippen molar-refractivity contribution in [3.05, 3.63) is 27.7 Å². The van der Waals surface area contributed by atoms with E-state index in [1.165, 1.54) is 12.1 Å². The quantitative estimate of drug-likeness (QED) is 0.903. The molecule has 1 heterocycles. The minimum Gasteiger partial charge on any atom is -0.478 e. The highest BCUT2D eigenvalue weighted by Gasteiger charge is 2.33. The Hall–Kier alpha value is -0.920. The second kappa shape index (κ2) is 5.22. The summed E-state index contributed by atoms with van der Waals surface area (Å²) in [5.74, 6) is -1.15. The minimum absolute atomic E-state index is 0.0463. The number of carbonyl (C=O) groups is 1. The van der Waals surface area contributed by atoms with Crippen LogP contribution in [0.3, 0.4) is 0 Å². The molecule has 104 valence electrons. The van der Waals surface area contributed by atoms with Crippen LogP contribution in [-0.4, -0.2) is 38.0 Å². The molecular formula is C12H13BrO5S. The van der Waals surface area contributed by atoms with Crippen LogP contribution < -0.4 is 0 Å². The molecule has 0 aromatic heterocycles. The fourth-order valence-electron chi connectivity index (χ4n) is 2.01. The Bertz CT molecular complexity index is 617. The van der Waals surface area contributed by atoms with E-state index in [-0.39, 0.29) is 17.1 Å². The van der Waals surface area contributed by atoms with Crippen LogP contribution in [0.5, 0.6) is 0 Å². The molecule has 0 aliphatic carbocycles. The molecular weight excluding hydrogens is 336 g/mol. The van der Waals surface area contributed by atoms with Crippen LogP contribution >= 0.6 is 15.9 Å². The molecule has 0 saturated carbocycles. The SMILES string of the molecule is Cc1c(Br)cc(C(=O)O)cc1S(=O)(=O)C1CCOC1. The molecule has 0 spiro atoms. The van der Waals surface area contributed by atoms with Crippen molar-refractivity contribution in [1.29, 1.82) is 0 Å². The maximum Gasteiger partial charge on any atom is 0.335 e. The molecule has 1 aliphatic heterocycles. The standard InChI is InChI=1S/C12H13BrO5S/c1-7-10(13)4-8(12(14)15)5-11(7)19(16,17)9-2-3-18-6-9/h4-5,9H,2-3,6H2,1H3,(H,14,15). The number of rotatable bonds is 3. The summed E-state index contributed by atoms with van der Waals surface area (Å²) in [5.41, 5.74) is 0.479. The van der Waals surface area contributed by atoms with E-state index in [4.69, 9.17) is 9.84 Å². The first-order chi connectivity index (χ1) is 8.84. The van der Waals surface area contributed by atoms with Gasteiger partial charge in [-0.1, -0.05) is 15.9 Å². The summed E-state index contributed by atoms with van der Waals surface area (Å²) in [7, 11) is -3.57.